The van der Waals surface area contributed by atoms with Gasteiger partial charge in [-0.3, -0.25) is 4.68 Å². The van der Waals surface area contributed by atoms with Gasteiger partial charge in [0, 0.05) is 7.05 Å². The van der Waals surface area contributed by atoms with E-state index in [0.717, 1.165) is 11.0 Å². The second kappa shape index (κ2) is 4.05. The van der Waals surface area contributed by atoms with Crippen molar-refractivity contribution in [2.45, 2.75) is 38.9 Å². The van der Waals surface area contributed by atoms with Crippen LogP contribution in [0, 0.1) is 5.95 Å². The first-order valence-corrected chi connectivity index (χ1v) is 6.69. The maximum atomic E-state index is 13.6. The number of halogens is 1. The van der Waals surface area contributed by atoms with E-state index in [4.69, 9.17) is 9.31 Å². The standard InChI is InChI=1S/C14H18BFN2O2/c1-13(2)14(3,4)20-15(19-13)9-6-7-10-11(8-9)18(5)17-12(10)16/h6-8H,1-5H3. The summed E-state index contributed by atoms with van der Waals surface area (Å²) < 4.78 is 27.1. The van der Waals surface area contributed by atoms with Crippen LogP contribution in [0.25, 0.3) is 10.9 Å². The van der Waals surface area contributed by atoms with Crippen LogP contribution in [0.4, 0.5) is 4.39 Å². The SMILES string of the molecule is Cn1nc(F)c2ccc(B3OC(C)(C)C(C)(C)O3)cc21. The molecule has 0 spiro atoms. The lowest BCUT2D eigenvalue weighted by Crippen LogP contribution is -2.41. The van der Waals surface area contributed by atoms with E-state index in [1.165, 1.54) is 4.68 Å². The summed E-state index contributed by atoms with van der Waals surface area (Å²) in [7, 11) is 1.28. The van der Waals surface area contributed by atoms with Gasteiger partial charge in [-0.15, -0.1) is 5.10 Å². The van der Waals surface area contributed by atoms with Crippen molar-refractivity contribution in [2.75, 3.05) is 0 Å². The topological polar surface area (TPSA) is 36.3 Å². The van der Waals surface area contributed by atoms with Gasteiger partial charge in [0.05, 0.1) is 22.1 Å². The predicted molar refractivity (Wildman–Crippen MR) is 76.4 cm³/mol. The molecule has 6 heteroatoms. The van der Waals surface area contributed by atoms with Crippen molar-refractivity contribution in [2.24, 2.45) is 7.05 Å². The molecule has 0 atom stereocenters. The van der Waals surface area contributed by atoms with Crippen LogP contribution in [-0.2, 0) is 16.4 Å². The molecule has 1 aromatic heterocycles. The number of aryl methyl sites for hydroxylation is 1. The first-order valence-electron chi connectivity index (χ1n) is 6.69. The molecule has 0 unspecified atom stereocenters. The molecular weight excluding hydrogens is 258 g/mol. The highest BCUT2D eigenvalue weighted by Crippen LogP contribution is 2.36. The molecule has 4 nitrogen and oxygen atoms in total. The number of fused-ring (bicyclic) bond motifs is 1. The minimum atomic E-state index is -0.456. The van der Waals surface area contributed by atoms with Crippen LogP contribution >= 0.6 is 0 Å². The second-order valence-electron chi connectivity index (χ2n) is 6.28. The Balaban J connectivity index is 2.02. The van der Waals surface area contributed by atoms with Crippen LogP contribution < -0.4 is 5.46 Å². The Morgan fingerprint density at radius 3 is 2.35 bits per heavy atom. The highest BCUT2D eigenvalue weighted by Gasteiger charge is 2.51. The summed E-state index contributed by atoms with van der Waals surface area (Å²) in [6, 6.07) is 5.42. The van der Waals surface area contributed by atoms with Crippen LogP contribution in [0.2, 0.25) is 0 Å². The number of aromatic nitrogens is 2. The molecule has 0 amide bonds. The molecule has 1 aliphatic heterocycles. The van der Waals surface area contributed by atoms with Crippen molar-refractivity contribution in [3.05, 3.63) is 24.1 Å². The Morgan fingerprint density at radius 2 is 1.75 bits per heavy atom. The number of nitrogens with zero attached hydrogens (tertiary/aromatic N) is 2. The molecule has 0 aliphatic carbocycles. The molecule has 1 aromatic carbocycles. The smallest absolute Gasteiger partial charge is 0.399 e. The van der Waals surface area contributed by atoms with Crippen molar-refractivity contribution in [3.63, 3.8) is 0 Å². The largest absolute Gasteiger partial charge is 0.494 e. The van der Waals surface area contributed by atoms with Gasteiger partial charge in [0.25, 0.3) is 0 Å². The molecule has 2 heterocycles. The average Bonchev–Trinajstić information content (AvgIpc) is 2.74. The van der Waals surface area contributed by atoms with Gasteiger partial charge in [-0.2, -0.15) is 4.39 Å². The van der Waals surface area contributed by atoms with Gasteiger partial charge in [0.15, 0.2) is 0 Å². The van der Waals surface area contributed by atoms with Crippen LogP contribution in [-0.4, -0.2) is 28.1 Å². The Bertz CT molecular complexity index is 665. The number of hydrogen-bond acceptors (Lipinski definition) is 3. The fourth-order valence-corrected chi connectivity index (χ4v) is 2.36. The zero-order chi connectivity index (χ0) is 14.7. The molecule has 0 N–H and O–H groups in total. The summed E-state index contributed by atoms with van der Waals surface area (Å²) in [5.74, 6) is -0.456. The van der Waals surface area contributed by atoms with E-state index < -0.39 is 13.1 Å². The molecule has 3 rings (SSSR count). The fraction of sp³-hybridized carbons (Fsp3) is 0.500. The van der Waals surface area contributed by atoms with Gasteiger partial charge in [0.1, 0.15) is 0 Å². The Labute approximate surface area is 118 Å². The van der Waals surface area contributed by atoms with E-state index in [0.29, 0.717) is 5.39 Å². The van der Waals surface area contributed by atoms with Crippen LogP contribution in [0.1, 0.15) is 27.7 Å². The van der Waals surface area contributed by atoms with Gasteiger partial charge in [-0.1, -0.05) is 6.07 Å². The number of rotatable bonds is 1. The first-order chi connectivity index (χ1) is 9.21. The number of benzene rings is 1. The lowest BCUT2D eigenvalue weighted by atomic mass is 9.79. The Kier molecular flexibility index (Phi) is 2.75. The number of hydrogen-bond donors (Lipinski definition) is 0. The monoisotopic (exact) mass is 276 g/mol. The zero-order valence-corrected chi connectivity index (χ0v) is 12.4. The van der Waals surface area contributed by atoms with E-state index in [1.54, 1.807) is 13.1 Å². The van der Waals surface area contributed by atoms with E-state index in [9.17, 15) is 4.39 Å². The summed E-state index contributed by atoms with van der Waals surface area (Å²) in [4.78, 5) is 0. The zero-order valence-electron chi connectivity index (χ0n) is 12.4. The maximum Gasteiger partial charge on any atom is 0.494 e. The van der Waals surface area contributed by atoms with Crippen LogP contribution in [0.15, 0.2) is 18.2 Å². The van der Waals surface area contributed by atoms with Crippen molar-refractivity contribution in [3.8, 4) is 0 Å². The highest BCUT2D eigenvalue weighted by molar-refractivity contribution is 6.62. The van der Waals surface area contributed by atoms with E-state index in [2.05, 4.69) is 5.10 Å². The van der Waals surface area contributed by atoms with Crippen molar-refractivity contribution in [1.82, 2.24) is 9.78 Å². The van der Waals surface area contributed by atoms with Gasteiger partial charge in [-0.25, -0.2) is 0 Å². The molecule has 1 fully saturated rings. The average molecular weight is 276 g/mol. The lowest BCUT2D eigenvalue weighted by Gasteiger charge is -2.32. The Morgan fingerprint density at radius 1 is 1.15 bits per heavy atom. The van der Waals surface area contributed by atoms with Crippen LogP contribution in [0.5, 0.6) is 0 Å². The second-order valence-corrected chi connectivity index (χ2v) is 6.28. The van der Waals surface area contributed by atoms with Crippen LogP contribution in [0.3, 0.4) is 0 Å². The molecular formula is C14H18BFN2O2. The quantitative estimate of drug-likeness (QED) is 0.747. The van der Waals surface area contributed by atoms with E-state index >= 15 is 0 Å². The highest BCUT2D eigenvalue weighted by atomic mass is 19.1. The Hall–Kier alpha value is -1.40. The van der Waals surface area contributed by atoms with Gasteiger partial charge >= 0.3 is 7.12 Å². The molecule has 1 aliphatic rings. The minimum Gasteiger partial charge on any atom is -0.399 e. The third-order valence-corrected chi connectivity index (χ3v) is 4.36. The summed E-state index contributed by atoms with van der Waals surface area (Å²) in [6.07, 6.45) is 0. The molecule has 0 radical (unpaired) electrons. The van der Waals surface area contributed by atoms with E-state index in [1.807, 2.05) is 39.8 Å². The normalized spacial score (nSPS) is 20.8. The predicted octanol–water partition coefficient (Wildman–Crippen LogP) is 2.01. The third-order valence-electron chi connectivity index (χ3n) is 4.36. The van der Waals surface area contributed by atoms with Crippen molar-refractivity contribution in [1.29, 1.82) is 0 Å². The molecule has 0 saturated carbocycles. The molecule has 20 heavy (non-hydrogen) atoms. The molecule has 106 valence electrons. The minimum absolute atomic E-state index is 0.385. The van der Waals surface area contributed by atoms with Gasteiger partial charge in [-0.05, 0) is 45.3 Å². The molecule has 2 aromatic rings. The summed E-state index contributed by atoms with van der Waals surface area (Å²) in [6.45, 7) is 8.04. The maximum absolute atomic E-state index is 13.6. The van der Waals surface area contributed by atoms with Crippen molar-refractivity contribution < 1.29 is 13.7 Å². The summed E-state index contributed by atoms with van der Waals surface area (Å²) >= 11 is 0. The molecule has 1 saturated heterocycles. The van der Waals surface area contributed by atoms with Gasteiger partial charge < -0.3 is 9.31 Å². The fourth-order valence-electron chi connectivity index (χ4n) is 2.36. The lowest BCUT2D eigenvalue weighted by molar-refractivity contribution is 0.00578. The molecule has 0 bridgehead atoms. The van der Waals surface area contributed by atoms with E-state index in [-0.39, 0.29) is 11.2 Å². The summed E-state index contributed by atoms with van der Waals surface area (Å²) in [5.41, 5.74) is 0.836. The van der Waals surface area contributed by atoms with Crippen molar-refractivity contribution >= 4 is 23.5 Å². The third kappa shape index (κ3) is 1.86. The first kappa shape index (κ1) is 13.6. The summed E-state index contributed by atoms with van der Waals surface area (Å²) in [5, 5.41) is 4.29. The van der Waals surface area contributed by atoms with Gasteiger partial charge in [0.2, 0.25) is 5.95 Å².